The fraction of sp³-hybridized carbons (Fsp3) is 0.0769. The van der Waals surface area contributed by atoms with E-state index in [2.05, 4.69) is 20.6 Å². The Kier molecular flexibility index (Phi) is 7.49. The van der Waals surface area contributed by atoms with Gasteiger partial charge in [0.25, 0.3) is 11.8 Å². The molecule has 0 bridgehead atoms. The Morgan fingerprint density at radius 2 is 1.54 bits per heavy atom. The average Bonchev–Trinajstić information content (AvgIpc) is 2.89. The summed E-state index contributed by atoms with van der Waals surface area (Å²) >= 11 is 0. The second-order valence-corrected chi connectivity index (χ2v) is 7.22. The summed E-state index contributed by atoms with van der Waals surface area (Å²) in [4.78, 5) is 32.8. The molecule has 9 heteroatoms. The highest BCUT2D eigenvalue weighted by molar-refractivity contribution is 6.04. The molecular weight excluding hydrogens is 448 g/mol. The van der Waals surface area contributed by atoms with Gasteiger partial charge in [0.1, 0.15) is 17.2 Å². The number of anilines is 2. The summed E-state index contributed by atoms with van der Waals surface area (Å²) in [6.45, 7) is -0.179. The number of hydrogen-bond donors (Lipinski definition) is 2. The van der Waals surface area contributed by atoms with Crippen molar-refractivity contribution in [3.63, 3.8) is 0 Å². The minimum atomic E-state index is -0.316. The minimum absolute atomic E-state index is 0.179. The quantitative estimate of drug-likeness (QED) is 0.369. The van der Waals surface area contributed by atoms with Crippen molar-refractivity contribution in [1.29, 1.82) is 0 Å². The standard InChI is InChI=1S/C26H22N4O5/c1-33-22-6-2-4-19(14-22)29-24(31)17-34-21-10-8-18(9-11-21)26(32)30-20-5-3-7-23(15-20)35-25-16-27-12-13-28-25/h2-16H,17H2,1H3,(H,29,31)(H,30,32). The largest absolute Gasteiger partial charge is 0.497 e. The van der Waals surface area contributed by atoms with Crippen LogP contribution in [-0.4, -0.2) is 35.5 Å². The van der Waals surface area contributed by atoms with Crippen LogP contribution in [0.25, 0.3) is 0 Å². The zero-order valence-corrected chi connectivity index (χ0v) is 18.8. The van der Waals surface area contributed by atoms with E-state index in [0.29, 0.717) is 40.1 Å². The van der Waals surface area contributed by atoms with Crippen molar-refractivity contribution in [1.82, 2.24) is 9.97 Å². The number of carbonyl (C=O) groups excluding carboxylic acids is 2. The Morgan fingerprint density at radius 3 is 2.26 bits per heavy atom. The highest BCUT2D eigenvalue weighted by Gasteiger charge is 2.09. The van der Waals surface area contributed by atoms with Crippen molar-refractivity contribution in [2.45, 2.75) is 0 Å². The maximum absolute atomic E-state index is 12.6. The Labute approximate surface area is 201 Å². The Bertz CT molecular complexity index is 1300. The molecule has 0 fully saturated rings. The van der Waals surface area contributed by atoms with Gasteiger partial charge < -0.3 is 24.8 Å². The molecule has 4 rings (SSSR count). The molecule has 0 saturated carbocycles. The number of carbonyl (C=O) groups is 2. The number of aromatic nitrogens is 2. The van der Waals surface area contributed by atoms with E-state index in [-0.39, 0.29) is 18.4 Å². The molecule has 4 aromatic rings. The molecule has 1 aromatic heterocycles. The van der Waals surface area contributed by atoms with E-state index in [9.17, 15) is 9.59 Å². The highest BCUT2D eigenvalue weighted by Crippen LogP contribution is 2.23. The van der Waals surface area contributed by atoms with Gasteiger partial charge in [-0.15, -0.1) is 0 Å². The van der Waals surface area contributed by atoms with Crippen LogP contribution in [0.15, 0.2) is 91.4 Å². The van der Waals surface area contributed by atoms with Crippen LogP contribution in [0.5, 0.6) is 23.1 Å². The summed E-state index contributed by atoms with van der Waals surface area (Å²) in [5, 5.41) is 5.56. The van der Waals surface area contributed by atoms with E-state index in [0.717, 1.165) is 0 Å². The normalized spacial score (nSPS) is 10.2. The minimum Gasteiger partial charge on any atom is -0.497 e. The number of hydrogen-bond acceptors (Lipinski definition) is 7. The molecule has 0 aliphatic carbocycles. The van der Waals surface area contributed by atoms with E-state index < -0.39 is 0 Å². The van der Waals surface area contributed by atoms with Crippen LogP contribution in [0, 0.1) is 0 Å². The third-order valence-electron chi connectivity index (χ3n) is 4.69. The van der Waals surface area contributed by atoms with Gasteiger partial charge in [0.15, 0.2) is 6.61 Å². The van der Waals surface area contributed by atoms with Gasteiger partial charge in [-0.25, -0.2) is 4.98 Å². The number of nitrogens with zero attached hydrogens (tertiary/aromatic N) is 2. The van der Waals surface area contributed by atoms with Crippen LogP contribution in [-0.2, 0) is 4.79 Å². The van der Waals surface area contributed by atoms with Crippen molar-refractivity contribution in [3.05, 3.63) is 97.0 Å². The predicted octanol–water partition coefficient (Wildman–Crippen LogP) is 4.55. The first-order chi connectivity index (χ1) is 17.1. The molecule has 0 atom stereocenters. The number of amides is 2. The first-order valence-corrected chi connectivity index (χ1v) is 10.6. The molecule has 0 unspecified atom stereocenters. The molecule has 35 heavy (non-hydrogen) atoms. The summed E-state index contributed by atoms with van der Waals surface area (Å²) in [6.07, 6.45) is 4.58. The first kappa shape index (κ1) is 23.2. The van der Waals surface area contributed by atoms with Crippen LogP contribution < -0.4 is 24.8 Å². The SMILES string of the molecule is COc1cccc(NC(=O)COc2ccc(C(=O)Nc3cccc(Oc4cnccn4)c3)cc2)c1. The van der Waals surface area contributed by atoms with E-state index >= 15 is 0 Å². The second-order valence-electron chi connectivity index (χ2n) is 7.22. The highest BCUT2D eigenvalue weighted by atomic mass is 16.5. The van der Waals surface area contributed by atoms with Crippen molar-refractivity contribution in [2.75, 3.05) is 24.4 Å². The maximum Gasteiger partial charge on any atom is 0.262 e. The van der Waals surface area contributed by atoms with Crippen molar-refractivity contribution in [3.8, 4) is 23.1 Å². The zero-order chi connectivity index (χ0) is 24.5. The topological polar surface area (TPSA) is 112 Å². The van der Waals surface area contributed by atoms with E-state index in [1.807, 2.05) is 0 Å². The van der Waals surface area contributed by atoms with Crippen LogP contribution in [0.1, 0.15) is 10.4 Å². The predicted molar refractivity (Wildman–Crippen MR) is 130 cm³/mol. The Hall–Kier alpha value is -4.92. The molecule has 0 saturated heterocycles. The molecule has 9 nitrogen and oxygen atoms in total. The summed E-state index contributed by atoms with van der Waals surface area (Å²) in [5.74, 6) is 1.35. The lowest BCUT2D eigenvalue weighted by atomic mass is 10.2. The van der Waals surface area contributed by atoms with Crippen LogP contribution in [0.4, 0.5) is 11.4 Å². The van der Waals surface area contributed by atoms with Gasteiger partial charge in [0.05, 0.1) is 13.3 Å². The first-order valence-electron chi connectivity index (χ1n) is 10.6. The van der Waals surface area contributed by atoms with Gasteiger partial charge in [-0.05, 0) is 48.5 Å². The lowest BCUT2D eigenvalue weighted by Crippen LogP contribution is -2.20. The number of ether oxygens (including phenoxy) is 3. The van der Waals surface area contributed by atoms with Crippen molar-refractivity contribution >= 4 is 23.2 Å². The van der Waals surface area contributed by atoms with Gasteiger partial charge in [0, 0.05) is 41.5 Å². The number of methoxy groups -OCH3 is 1. The molecule has 176 valence electrons. The molecule has 0 radical (unpaired) electrons. The van der Waals surface area contributed by atoms with Crippen LogP contribution in [0.2, 0.25) is 0 Å². The molecule has 1 heterocycles. The van der Waals surface area contributed by atoms with E-state index in [1.54, 1.807) is 86.1 Å². The Balaban J connectivity index is 1.29. The van der Waals surface area contributed by atoms with Gasteiger partial charge >= 0.3 is 0 Å². The van der Waals surface area contributed by atoms with Crippen molar-refractivity contribution < 1.29 is 23.8 Å². The lowest BCUT2D eigenvalue weighted by molar-refractivity contribution is -0.118. The Morgan fingerprint density at radius 1 is 0.829 bits per heavy atom. The summed E-state index contributed by atoms with van der Waals surface area (Å²) in [6, 6.07) is 20.5. The fourth-order valence-electron chi connectivity index (χ4n) is 3.05. The maximum atomic E-state index is 12.6. The molecular formula is C26H22N4O5. The van der Waals surface area contributed by atoms with Crippen LogP contribution >= 0.6 is 0 Å². The summed E-state index contributed by atoms with van der Waals surface area (Å²) in [5.41, 5.74) is 1.60. The zero-order valence-electron chi connectivity index (χ0n) is 18.8. The average molecular weight is 470 g/mol. The lowest BCUT2D eigenvalue weighted by Gasteiger charge is -2.10. The summed E-state index contributed by atoms with van der Waals surface area (Å²) < 4.78 is 16.3. The third-order valence-corrected chi connectivity index (χ3v) is 4.69. The molecule has 0 spiro atoms. The van der Waals surface area contributed by atoms with Gasteiger partial charge in [-0.2, -0.15) is 0 Å². The second kappa shape index (κ2) is 11.3. The molecule has 3 aromatic carbocycles. The molecule has 0 aliphatic rings. The summed E-state index contributed by atoms with van der Waals surface area (Å²) in [7, 11) is 1.56. The molecule has 0 aliphatic heterocycles. The van der Waals surface area contributed by atoms with Gasteiger partial charge in [-0.1, -0.05) is 12.1 Å². The van der Waals surface area contributed by atoms with E-state index in [4.69, 9.17) is 14.2 Å². The monoisotopic (exact) mass is 470 g/mol. The third kappa shape index (κ3) is 6.78. The molecule has 2 amide bonds. The number of benzene rings is 3. The number of rotatable bonds is 9. The van der Waals surface area contributed by atoms with E-state index in [1.165, 1.54) is 12.4 Å². The van der Waals surface area contributed by atoms with Crippen LogP contribution in [0.3, 0.4) is 0 Å². The van der Waals surface area contributed by atoms with Crippen molar-refractivity contribution in [2.24, 2.45) is 0 Å². The van der Waals surface area contributed by atoms with Gasteiger partial charge in [0.2, 0.25) is 5.88 Å². The van der Waals surface area contributed by atoms with Gasteiger partial charge in [-0.3, -0.25) is 14.6 Å². The number of nitrogens with one attached hydrogen (secondary N) is 2. The molecule has 2 N–H and O–H groups in total. The smallest absolute Gasteiger partial charge is 0.262 e. The fourth-order valence-corrected chi connectivity index (χ4v) is 3.05.